The number of hydrogen-bond acceptors (Lipinski definition) is 3. The Morgan fingerprint density at radius 1 is 0.714 bits per heavy atom. The van der Waals surface area contributed by atoms with Crippen LogP contribution in [-0.2, 0) is 27.6 Å². The second kappa shape index (κ2) is 7.16. The van der Waals surface area contributed by atoms with E-state index < -0.39 is 22.7 Å². The number of benzene rings is 2. The second-order valence-electron chi connectivity index (χ2n) is 3.93. The van der Waals surface area contributed by atoms with E-state index in [1.54, 1.807) is 0 Å². The SMILES string of the molecule is O=C(O)c1ccc(S(=O)c2ccc(C(=O)O)cc2)cc1.[Co]. The molecule has 0 saturated heterocycles. The zero-order valence-corrected chi connectivity index (χ0v) is 12.3. The predicted octanol–water partition coefficient (Wildman–Crippen LogP) is 2.25. The van der Waals surface area contributed by atoms with E-state index >= 15 is 0 Å². The van der Waals surface area contributed by atoms with Crippen molar-refractivity contribution in [2.75, 3.05) is 0 Å². The molecule has 111 valence electrons. The minimum absolute atomic E-state index is 0. The smallest absolute Gasteiger partial charge is 0.335 e. The van der Waals surface area contributed by atoms with Gasteiger partial charge >= 0.3 is 11.9 Å². The van der Waals surface area contributed by atoms with Gasteiger partial charge in [-0.3, -0.25) is 0 Å². The van der Waals surface area contributed by atoms with Crippen molar-refractivity contribution in [2.24, 2.45) is 0 Å². The second-order valence-corrected chi connectivity index (χ2v) is 5.41. The summed E-state index contributed by atoms with van der Waals surface area (Å²) >= 11 is 0. The molecule has 0 heterocycles. The maximum absolute atomic E-state index is 12.2. The Kier molecular flexibility index (Phi) is 5.83. The van der Waals surface area contributed by atoms with Gasteiger partial charge in [-0.25, -0.2) is 13.8 Å². The summed E-state index contributed by atoms with van der Waals surface area (Å²) in [4.78, 5) is 22.4. The molecule has 2 aromatic carbocycles. The van der Waals surface area contributed by atoms with E-state index in [-0.39, 0.29) is 27.9 Å². The molecule has 0 aromatic heterocycles. The van der Waals surface area contributed by atoms with Crippen molar-refractivity contribution in [1.82, 2.24) is 0 Å². The van der Waals surface area contributed by atoms with Crippen LogP contribution in [0.3, 0.4) is 0 Å². The van der Waals surface area contributed by atoms with E-state index in [1.807, 2.05) is 0 Å². The van der Waals surface area contributed by atoms with Gasteiger partial charge in [0, 0.05) is 26.6 Å². The number of aromatic carboxylic acids is 2. The summed E-state index contributed by atoms with van der Waals surface area (Å²) < 4.78 is 12.2. The third-order valence-electron chi connectivity index (χ3n) is 2.63. The third-order valence-corrected chi connectivity index (χ3v) is 4.03. The summed E-state index contributed by atoms with van der Waals surface area (Å²) in [6.07, 6.45) is 0. The molecule has 0 atom stereocenters. The molecule has 2 rings (SSSR count). The molecule has 0 bridgehead atoms. The fraction of sp³-hybridized carbons (Fsp3) is 0. The Hall–Kier alpha value is -1.96. The van der Waals surface area contributed by atoms with Crippen LogP contribution < -0.4 is 0 Å². The van der Waals surface area contributed by atoms with Gasteiger partial charge in [-0.1, -0.05) is 0 Å². The molecule has 21 heavy (non-hydrogen) atoms. The molecule has 0 aliphatic heterocycles. The average Bonchev–Trinajstić information content (AvgIpc) is 2.46. The number of carboxylic acids is 2. The van der Waals surface area contributed by atoms with Crippen molar-refractivity contribution in [3.8, 4) is 0 Å². The first-order valence-electron chi connectivity index (χ1n) is 5.57. The first-order chi connectivity index (χ1) is 9.49. The molecule has 0 unspecified atom stereocenters. The van der Waals surface area contributed by atoms with Crippen LogP contribution in [0.5, 0.6) is 0 Å². The van der Waals surface area contributed by atoms with Crippen LogP contribution in [0, 0.1) is 0 Å². The first kappa shape index (κ1) is 17.1. The zero-order valence-electron chi connectivity index (χ0n) is 10.5. The Morgan fingerprint density at radius 2 is 1.00 bits per heavy atom. The largest absolute Gasteiger partial charge is 0.478 e. The molecule has 2 aromatic rings. The molecule has 0 aliphatic rings. The van der Waals surface area contributed by atoms with Crippen molar-refractivity contribution in [3.05, 3.63) is 59.7 Å². The molecule has 0 saturated carbocycles. The van der Waals surface area contributed by atoms with Gasteiger partial charge in [0.15, 0.2) is 0 Å². The summed E-state index contributed by atoms with van der Waals surface area (Å²) in [5, 5.41) is 17.6. The Balaban J connectivity index is 0.00000220. The van der Waals surface area contributed by atoms with E-state index in [9.17, 15) is 13.8 Å². The Bertz CT molecular complexity index is 620. The van der Waals surface area contributed by atoms with E-state index in [1.165, 1.54) is 48.5 Å². The van der Waals surface area contributed by atoms with Crippen LogP contribution in [0.25, 0.3) is 0 Å². The van der Waals surface area contributed by atoms with E-state index in [4.69, 9.17) is 10.2 Å². The topological polar surface area (TPSA) is 91.7 Å². The minimum Gasteiger partial charge on any atom is -0.478 e. The van der Waals surface area contributed by atoms with Gasteiger partial charge in [0.1, 0.15) is 0 Å². The van der Waals surface area contributed by atoms with Gasteiger partial charge in [-0.2, -0.15) is 0 Å². The fourth-order valence-electron chi connectivity index (χ4n) is 1.58. The number of carbonyl (C=O) groups is 2. The van der Waals surface area contributed by atoms with Gasteiger partial charge in [0.05, 0.1) is 21.9 Å². The number of carboxylic acid groups (broad SMARTS) is 2. The molecule has 0 spiro atoms. The molecular weight excluding hydrogens is 339 g/mol. The monoisotopic (exact) mass is 349 g/mol. The molecule has 0 fully saturated rings. The third kappa shape index (κ3) is 4.00. The Morgan fingerprint density at radius 3 is 1.24 bits per heavy atom. The Labute approximate surface area is 133 Å². The van der Waals surface area contributed by atoms with Crippen molar-refractivity contribution >= 4 is 22.7 Å². The molecule has 1 radical (unpaired) electrons. The summed E-state index contributed by atoms with van der Waals surface area (Å²) in [6.45, 7) is 0. The van der Waals surface area contributed by atoms with Crippen LogP contribution in [0.4, 0.5) is 0 Å². The maximum atomic E-state index is 12.2. The molecule has 2 N–H and O–H groups in total. The standard InChI is InChI=1S/C14H10O5S.Co/c15-13(16)9-1-5-11(6-2-9)20(19)12-7-3-10(4-8-12)14(17)18;/h1-8H,(H,15,16)(H,17,18);. The van der Waals surface area contributed by atoms with Crippen molar-refractivity contribution in [3.63, 3.8) is 0 Å². The van der Waals surface area contributed by atoms with Gasteiger partial charge < -0.3 is 10.2 Å². The van der Waals surface area contributed by atoms with Crippen molar-refractivity contribution in [2.45, 2.75) is 9.79 Å². The predicted molar refractivity (Wildman–Crippen MR) is 71.5 cm³/mol. The zero-order chi connectivity index (χ0) is 14.7. The summed E-state index contributed by atoms with van der Waals surface area (Å²) in [5.41, 5.74) is 0.235. The van der Waals surface area contributed by atoms with Gasteiger partial charge in [0.2, 0.25) is 0 Å². The van der Waals surface area contributed by atoms with Crippen LogP contribution >= 0.6 is 0 Å². The molecular formula is C14H10CoO5S. The quantitative estimate of drug-likeness (QED) is 0.883. The van der Waals surface area contributed by atoms with E-state index in [2.05, 4.69) is 0 Å². The van der Waals surface area contributed by atoms with Gasteiger partial charge in [-0.05, 0) is 48.5 Å². The van der Waals surface area contributed by atoms with Crippen LogP contribution in [0.2, 0.25) is 0 Å². The molecule has 0 aliphatic carbocycles. The van der Waals surface area contributed by atoms with Crippen molar-refractivity contribution < 1.29 is 40.8 Å². The van der Waals surface area contributed by atoms with E-state index in [0.29, 0.717) is 9.79 Å². The van der Waals surface area contributed by atoms with Gasteiger partial charge in [-0.15, -0.1) is 0 Å². The average molecular weight is 349 g/mol. The summed E-state index contributed by atoms with van der Waals surface area (Å²) in [6, 6.07) is 11.4. The van der Waals surface area contributed by atoms with Crippen molar-refractivity contribution in [1.29, 1.82) is 0 Å². The van der Waals surface area contributed by atoms with E-state index in [0.717, 1.165) is 0 Å². The number of rotatable bonds is 4. The van der Waals surface area contributed by atoms with Crippen LogP contribution in [-0.4, -0.2) is 26.4 Å². The number of hydrogen-bond donors (Lipinski definition) is 2. The van der Waals surface area contributed by atoms with Crippen LogP contribution in [0.1, 0.15) is 20.7 Å². The van der Waals surface area contributed by atoms with Crippen LogP contribution in [0.15, 0.2) is 58.3 Å². The summed E-state index contributed by atoms with van der Waals surface area (Å²) in [5.74, 6) is -2.10. The summed E-state index contributed by atoms with van der Waals surface area (Å²) in [7, 11) is -1.48. The molecule has 7 heteroatoms. The molecule has 5 nitrogen and oxygen atoms in total. The normalized spacial score (nSPS) is 9.95. The molecule has 0 amide bonds. The van der Waals surface area contributed by atoms with Gasteiger partial charge in [0.25, 0.3) is 0 Å². The fourth-order valence-corrected chi connectivity index (χ4v) is 2.62. The minimum atomic E-state index is -1.48. The maximum Gasteiger partial charge on any atom is 0.335 e. The first-order valence-corrected chi connectivity index (χ1v) is 6.72.